The molecule has 36 heavy (non-hydrogen) atoms. The topological polar surface area (TPSA) is 83.7 Å². The first-order valence-electron chi connectivity index (χ1n) is 12.6. The fourth-order valence-corrected chi connectivity index (χ4v) is 5.24. The Labute approximate surface area is 211 Å². The van der Waals surface area contributed by atoms with Crippen LogP contribution in [0.25, 0.3) is 16.8 Å². The summed E-state index contributed by atoms with van der Waals surface area (Å²) in [6.07, 6.45) is 8.13. The van der Waals surface area contributed by atoms with E-state index in [1.807, 2.05) is 53.9 Å². The highest BCUT2D eigenvalue weighted by Crippen LogP contribution is 2.37. The Hall–Kier alpha value is -3.93. The van der Waals surface area contributed by atoms with E-state index in [0.29, 0.717) is 30.5 Å². The molecule has 0 spiro atoms. The predicted molar refractivity (Wildman–Crippen MR) is 140 cm³/mol. The van der Waals surface area contributed by atoms with Crippen molar-refractivity contribution in [3.05, 3.63) is 95.4 Å². The number of nitrogens with zero attached hydrogens (tertiary/aromatic N) is 2. The second kappa shape index (κ2) is 10.4. The van der Waals surface area contributed by atoms with Gasteiger partial charge in [-0.25, -0.2) is 4.98 Å². The number of carbonyl (C=O) groups excluding carboxylic acids is 1. The summed E-state index contributed by atoms with van der Waals surface area (Å²) >= 11 is 0. The zero-order valence-corrected chi connectivity index (χ0v) is 20.5. The Bertz CT molecular complexity index is 1380. The number of carboxylic acid groups (broad SMARTS) is 1. The van der Waals surface area contributed by atoms with E-state index < -0.39 is 5.97 Å². The number of aromatic nitrogens is 2. The van der Waals surface area contributed by atoms with E-state index in [0.717, 1.165) is 53.6 Å². The fourth-order valence-electron chi connectivity index (χ4n) is 5.24. The van der Waals surface area contributed by atoms with Crippen LogP contribution in [0.5, 0.6) is 0 Å². The molecule has 0 atom stereocenters. The number of rotatable bonds is 7. The third-order valence-corrected chi connectivity index (χ3v) is 7.41. The van der Waals surface area contributed by atoms with E-state index in [-0.39, 0.29) is 5.91 Å². The van der Waals surface area contributed by atoms with E-state index in [1.54, 1.807) is 6.20 Å². The third-order valence-electron chi connectivity index (χ3n) is 7.41. The summed E-state index contributed by atoms with van der Waals surface area (Å²) < 4.78 is 1.90. The lowest BCUT2D eigenvalue weighted by atomic mass is 9.77. The first-order valence-corrected chi connectivity index (χ1v) is 12.6. The lowest BCUT2D eigenvalue weighted by molar-refractivity contribution is -0.138. The average Bonchev–Trinajstić information content (AvgIpc) is 3.32. The van der Waals surface area contributed by atoms with Crippen molar-refractivity contribution in [2.45, 2.75) is 51.5 Å². The number of fused-ring (bicyclic) bond motifs is 1. The van der Waals surface area contributed by atoms with Crippen LogP contribution in [0.15, 0.2) is 73.1 Å². The van der Waals surface area contributed by atoms with Gasteiger partial charge in [-0.2, -0.15) is 0 Å². The van der Waals surface area contributed by atoms with Crippen molar-refractivity contribution >= 4 is 17.5 Å². The van der Waals surface area contributed by atoms with Crippen molar-refractivity contribution in [1.29, 1.82) is 0 Å². The van der Waals surface area contributed by atoms with Gasteiger partial charge in [0.05, 0.1) is 0 Å². The lowest BCUT2D eigenvalue weighted by Crippen LogP contribution is -2.23. The molecule has 1 saturated carbocycles. The smallest absolute Gasteiger partial charge is 0.303 e. The summed E-state index contributed by atoms with van der Waals surface area (Å²) in [7, 11) is 0. The number of amides is 1. The second-order valence-electron chi connectivity index (χ2n) is 9.86. The minimum Gasteiger partial charge on any atom is -0.481 e. The second-order valence-corrected chi connectivity index (χ2v) is 9.86. The Morgan fingerprint density at radius 3 is 2.39 bits per heavy atom. The molecule has 0 unspecified atom stereocenters. The molecule has 2 N–H and O–H groups in total. The van der Waals surface area contributed by atoms with Crippen molar-refractivity contribution in [3.63, 3.8) is 0 Å². The number of carboxylic acids is 1. The number of imidazole rings is 1. The Kier molecular flexibility index (Phi) is 6.85. The van der Waals surface area contributed by atoms with Gasteiger partial charge in [0.15, 0.2) is 0 Å². The van der Waals surface area contributed by atoms with Crippen LogP contribution in [0, 0.1) is 12.8 Å². The first kappa shape index (κ1) is 23.8. The lowest BCUT2D eigenvalue weighted by Gasteiger charge is -2.28. The van der Waals surface area contributed by atoms with Gasteiger partial charge in [0, 0.05) is 25.4 Å². The molecule has 4 aromatic rings. The molecule has 2 aromatic heterocycles. The van der Waals surface area contributed by atoms with Crippen LogP contribution in [0.1, 0.15) is 65.2 Å². The van der Waals surface area contributed by atoms with Gasteiger partial charge in [0.2, 0.25) is 0 Å². The summed E-state index contributed by atoms with van der Waals surface area (Å²) in [5.74, 6) is -0.0612. The average molecular weight is 482 g/mol. The maximum absolute atomic E-state index is 12.7. The van der Waals surface area contributed by atoms with Gasteiger partial charge in [-0.3, -0.25) is 9.59 Å². The van der Waals surface area contributed by atoms with Crippen LogP contribution in [0.3, 0.4) is 0 Å². The third kappa shape index (κ3) is 5.33. The van der Waals surface area contributed by atoms with Crippen molar-refractivity contribution in [1.82, 2.24) is 14.7 Å². The van der Waals surface area contributed by atoms with Gasteiger partial charge in [0.25, 0.3) is 5.91 Å². The monoisotopic (exact) mass is 481 g/mol. The van der Waals surface area contributed by atoms with Crippen LogP contribution in [0.2, 0.25) is 0 Å². The SMILES string of the molecule is Cc1ccccc1CNC(=O)c1cn2cc(-c3ccc([C@H]4CC[C@H](CC(=O)O)CC4)cc3)ccc2n1. The molecular weight excluding hydrogens is 450 g/mol. The van der Waals surface area contributed by atoms with Gasteiger partial charge in [0.1, 0.15) is 11.3 Å². The molecule has 2 aromatic carbocycles. The summed E-state index contributed by atoms with van der Waals surface area (Å²) in [5.41, 5.74) is 6.86. The molecule has 1 amide bonds. The van der Waals surface area contributed by atoms with E-state index in [1.165, 1.54) is 5.56 Å². The molecule has 0 radical (unpaired) electrons. The van der Waals surface area contributed by atoms with E-state index >= 15 is 0 Å². The Balaban J connectivity index is 1.25. The molecule has 6 heteroatoms. The van der Waals surface area contributed by atoms with Crippen molar-refractivity contribution < 1.29 is 14.7 Å². The highest BCUT2D eigenvalue weighted by Gasteiger charge is 2.24. The van der Waals surface area contributed by atoms with Gasteiger partial charge in [-0.1, -0.05) is 48.5 Å². The summed E-state index contributed by atoms with van der Waals surface area (Å²) in [6, 6.07) is 20.7. The minimum absolute atomic E-state index is 0.189. The van der Waals surface area contributed by atoms with Crippen molar-refractivity contribution in [3.8, 4) is 11.1 Å². The number of pyridine rings is 1. The number of hydrogen-bond acceptors (Lipinski definition) is 3. The highest BCUT2D eigenvalue weighted by molar-refractivity contribution is 5.92. The molecule has 0 aliphatic heterocycles. The standard InChI is InChI=1S/C30H31N3O3/c1-20-4-2-3-5-25(20)17-31-30(36)27-19-33-18-26(14-15-28(33)32-27)24-12-10-23(11-13-24)22-8-6-21(7-9-22)16-29(34)35/h2-5,10-15,18-19,21-22H,6-9,16-17H2,1H3,(H,31,36)(H,34,35)/t21-,22-. The van der Waals surface area contributed by atoms with E-state index in [2.05, 4.69) is 34.6 Å². The summed E-state index contributed by atoms with van der Waals surface area (Å²) in [6.45, 7) is 2.51. The van der Waals surface area contributed by atoms with Gasteiger partial charge < -0.3 is 14.8 Å². The van der Waals surface area contributed by atoms with E-state index in [9.17, 15) is 9.59 Å². The number of carbonyl (C=O) groups is 2. The van der Waals surface area contributed by atoms with Crippen molar-refractivity contribution in [2.24, 2.45) is 5.92 Å². The van der Waals surface area contributed by atoms with Gasteiger partial charge in [-0.15, -0.1) is 0 Å². The molecule has 0 bridgehead atoms. The fraction of sp³-hybridized carbons (Fsp3) is 0.300. The minimum atomic E-state index is -0.687. The number of aliphatic carboxylic acids is 1. The van der Waals surface area contributed by atoms with Crippen LogP contribution in [-0.4, -0.2) is 26.4 Å². The van der Waals surface area contributed by atoms with Gasteiger partial charge in [-0.05, 0) is 84.4 Å². The summed E-state index contributed by atoms with van der Waals surface area (Å²) in [4.78, 5) is 28.2. The van der Waals surface area contributed by atoms with Crippen LogP contribution in [0.4, 0.5) is 0 Å². The van der Waals surface area contributed by atoms with E-state index in [4.69, 9.17) is 5.11 Å². The summed E-state index contributed by atoms with van der Waals surface area (Å²) in [5, 5.41) is 12.0. The van der Waals surface area contributed by atoms with Gasteiger partial charge >= 0.3 is 5.97 Å². The molecule has 5 rings (SSSR count). The zero-order valence-electron chi connectivity index (χ0n) is 20.5. The molecule has 6 nitrogen and oxygen atoms in total. The largest absolute Gasteiger partial charge is 0.481 e. The molecular formula is C30H31N3O3. The molecule has 1 aliphatic rings. The molecule has 1 aliphatic carbocycles. The molecule has 0 saturated heterocycles. The zero-order chi connectivity index (χ0) is 25.1. The van der Waals surface area contributed by atoms with Crippen LogP contribution in [-0.2, 0) is 11.3 Å². The highest BCUT2D eigenvalue weighted by atomic mass is 16.4. The Morgan fingerprint density at radius 1 is 0.944 bits per heavy atom. The number of benzene rings is 2. The number of hydrogen-bond donors (Lipinski definition) is 2. The van der Waals surface area contributed by atoms with Crippen molar-refractivity contribution in [2.75, 3.05) is 0 Å². The molecule has 2 heterocycles. The molecule has 184 valence electrons. The number of aryl methyl sites for hydroxylation is 1. The predicted octanol–water partition coefficient (Wildman–Crippen LogP) is 5.99. The first-order chi connectivity index (χ1) is 17.5. The number of nitrogens with one attached hydrogen (secondary N) is 1. The maximum Gasteiger partial charge on any atom is 0.303 e. The normalized spacial score (nSPS) is 17.7. The molecule has 1 fully saturated rings. The quantitative estimate of drug-likeness (QED) is 0.340. The van der Waals surface area contributed by atoms with Crippen LogP contribution >= 0.6 is 0 Å². The Morgan fingerprint density at radius 2 is 1.67 bits per heavy atom. The van der Waals surface area contributed by atoms with Crippen LogP contribution < -0.4 is 5.32 Å². The maximum atomic E-state index is 12.7.